The van der Waals surface area contributed by atoms with E-state index in [4.69, 9.17) is 14.6 Å². The number of hydrogen-bond donors (Lipinski definition) is 1. The average Bonchev–Trinajstić information content (AvgIpc) is 2.86. The molecular weight excluding hydrogens is 250 g/mol. The van der Waals surface area contributed by atoms with Crippen molar-refractivity contribution < 1.29 is 24.2 Å². The summed E-state index contributed by atoms with van der Waals surface area (Å²) in [4.78, 5) is 24.4. The normalized spacial score (nSPS) is 21.2. The minimum absolute atomic E-state index is 0.0491. The van der Waals surface area contributed by atoms with E-state index in [9.17, 15) is 9.59 Å². The number of carbonyl (C=O) groups excluding carboxylic acids is 1. The van der Waals surface area contributed by atoms with E-state index in [1.807, 2.05) is 0 Å². The summed E-state index contributed by atoms with van der Waals surface area (Å²) in [5, 5.41) is 9.09. The van der Waals surface area contributed by atoms with Gasteiger partial charge in [-0.1, -0.05) is 0 Å². The summed E-state index contributed by atoms with van der Waals surface area (Å²) in [5.41, 5.74) is -1.25. The Balaban J connectivity index is 2.48. The Morgan fingerprint density at radius 3 is 2.63 bits per heavy atom. The third kappa shape index (κ3) is 3.91. The topological polar surface area (TPSA) is 76.1 Å². The number of hydrogen-bond acceptors (Lipinski definition) is 4. The first-order valence-electron chi connectivity index (χ1n) is 6.51. The van der Waals surface area contributed by atoms with E-state index < -0.39 is 17.6 Å². The zero-order valence-electron chi connectivity index (χ0n) is 12.0. The largest absolute Gasteiger partial charge is 0.480 e. The number of carboxylic acid groups (broad SMARTS) is 1. The van der Waals surface area contributed by atoms with Gasteiger partial charge in [0.2, 0.25) is 0 Å². The Kier molecular flexibility index (Phi) is 5.31. The van der Waals surface area contributed by atoms with Crippen LogP contribution in [0.3, 0.4) is 0 Å². The summed E-state index contributed by atoms with van der Waals surface area (Å²) >= 11 is 0. The number of ether oxygens (including phenoxy) is 2. The van der Waals surface area contributed by atoms with Crippen LogP contribution >= 0.6 is 0 Å². The summed E-state index contributed by atoms with van der Waals surface area (Å²) in [5.74, 6) is -1.39. The molecule has 1 aliphatic heterocycles. The standard InChI is InChI=1S/C13H23NO5/c1-9(19-8-10-6-5-7-18-10)11(15)14(4)13(2,3)12(16)17/h9-10H,5-8H2,1-4H3,(H,16,17). The van der Waals surface area contributed by atoms with E-state index in [1.165, 1.54) is 25.8 Å². The smallest absolute Gasteiger partial charge is 0.329 e. The number of carbonyl (C=O) groups is 2. The highest BCUT2D eigenvalue weighted by Gasteiger charge is 2.37. The van der Waals surface area contributed by atoms with Crippen molar-refractivity contribution in [2.45, 2.75) is 51.4 Å². The van der Waals surface area contributed by atoms with Crippen LogP contribution in [0.2, 0.25) is 0 Å². The van der Waals surface area contributed by atoms with Gasteiger partial charge in [0.15, 0.2) is 0 Å². The molecule has 0 aliphatic carbocycles. The lowest BCUT2D eigenvalue weighted by Crippen LogP contribution is -2.53. The van der Waals surface area contributed by atoms with Crippen molar-refractivity contribution in [2.24, 2.45) is 0 Å². The van der Waals surface area contributed by atoms with E-state index in [-0.39, 0.29) is 12.0 Å². The van der Waals surface area contributed by atoms with E-state index in [0.717, 1.165) is 19.4 Å². The fourth-order valence-corrected chi connectivity index (χ4v) is 1.79. The van der Waals surface area contributed by atoms with Crippen molar-refractivity contribution in [1.29, 1.82) is 0 Å². The molecule has 1 heterocycles. The molecular formula is C13H23NO5. The maximum atomic E-state index is 12.1. The first-order chi connectivity index (χ1) is 8.76. The highest BCUT2D eigenvalue weighted by atomic mass is 16.5. The van der Waals surface area contributed by atoms with Gasteiger partial charge in [0, 0.05) is 13.7 Å². The summed E-state index contributed by atoms with van der Waals surface area (Å²) in [6.07, 6.45) is 1.33. The van der Waals surface area contributed by atoms with Gasteiger partial charge in [-0.2, -0.15) is 0 Å². The zero-order valence-corrected chi connectivity index (χ0v) is 12.0. The van der Waals surface area contributed by atoms with Crippen LogP contribution in [-0.4, -0.2) is 59.9 Å². The number of nitrogens with zero attached hydrogens (tertiary/aromatic N) is 1. The molecule has 6 nitrogen and oxygen atoms in total. The van der Waals surface area contributed by atoms with Crippen LogP contribution in [0.25, 0.3) is 0 Å². The third-order valence-corrected chi connectivity index (χ3v) is 3.60. The molecule has 0 aromatic heterocycles. The second kappa shape index (κ2) is 6.34. The summed E-state index contributed by atoms with van der Waals surface area (Å²) in [6, 6.07) is 0. The van der Waals surface area contributed by atoms with Crippen molar-refractivity contribution in [1.82, 2.24) is 4.90 Å². The first kappa shape index (κ1) is 15.9. The van der Waals surface area contributed by atoms with Crippen molar-refractivity contribution in [3.8, 4) is 0 Å². The Labute approximate surface area is 113 Å². The molecule has 6 heteroatoms. The Bertz CT molecular complexity index is 336. The fourth-order valence-electron chi connectivity index (χ4n) is 1.79. The SMILES string of the molecule is CC(OCC1CCCO1)C(=O)N(C)C(C)(C)C(=O)O. The minimum atomic E-state index is -1.25. The van der Waals surface area contributed by atoms with Gasteiger partial charge in [-0.25, -0.2) is 4.79 Å². The quantitative estimate of drug-likeness (QED) is 0.778. The lowest BCUT2D eigenvalue weighted by atomic mass is 10.0. The Morgan fingerprint density at radius 2 is 2.16 bits per heavy atom. The molecule has 0 aromatic carbocycles. The third-order valence-electron chi connectivity index (χ3n) is 3.60. The van der Waals surface area contributed by atoms with Crippen LogP contribution in [0.1, 0.15) is 33.6 Å². The van der Waals surface area contributed by atoms with Gasteiger partial charge in [0.1, 0.15) is 11.6 Å². The fraction of sp³-hybridized carbons (Fsp3) is 0.846. The molecule has 2 atom stereocenters. The Hall–Kier alpha value is -1.14. The van der Waals surface area contributed by atoms with Gasteiger partial charge < -0.3 is 19.5 Å². The predicted octanol–water partition coefficient (Wildman–Crippen LogP) is 0.892. The molecule has 1 amide bonds. The van der Waals surface area contributed by atoms with Crippen molar-refractivity contribution in [3.05, 3.63) is 0 Å². The second-order valence-corrected chi connectivity index (χ2v) is 5.37. The van der Waals surface area contributed by atoms with Crippen LogP contribution in [-0.2, 0) is 19.1 Å². The molecule has 1 N–H and O–H groups in total. The summed E-state index contributed by atoms with van der Waals surface area (Å²) in [7, 11) is 1.47. The van der Waals surface area contributed by atoms with Crippen molar-refractivity contribution in [3.63, 3.8) is 0 Å². The van der Waals surface area contributed by atoms with E-state index in [0.29, 0.717) is 6.61 Å². The lowest BCUT2D eigenvalue weighted by Gasteiger charge is -2.33. The summed E-state index contributed by atoms with van der Waals surface area (Å²) in [6.45, 7) is 5.71. The van der Waals surface area contributed by atoms with E-state index in [1.54, 1.807) is 6.92 Å². The highest BCUT2D eigenvalue weighted by Crippen LogP contribution is 2.16. The number of amides is 1. The second-order valence-electron chi connectivity index (χ2n) is 5.37. The molecule has 1 aliphatic rings. The van der Waals surface area contributed by atoms with E-state index >= 15 is 0 Å². The van der Waals surface area contributed by atoms with Gasteiger partial charge in [-0.3, -0.25) is 4.79 Å². The predicted molar refractivity (Wildman–Crippen MR) is 68.9 cm³/mol. The highest BCUT2D eigenvalue weighted by molar-refractivity contribution is 5.88. The molecule has 1 rings (SSSR count). The molecule has 1 saturated heterocycles. The van der Waals surface area contributed by atoms with E-state index in [2.05, 4.69) is 0 Å². The van der Waals surface area contributed by atoms with Gasteiger partial charge in [-0.05, 0) is 33.6 Å². The number of rotatable bonds is 6. The van der Waals surface area contributed by atoms with Crippen LogP contribution in [0, 0.1) is 0 Å². The van der Waals surface area contributed by atoms with Gasteiger partial charge in [0.25, 0.3) is 5.91 Å². The van der Waals surface area contributed by atoms with Gasteiger partial charge in [0.05, 0.1) is 12.7 Å². The first-order valence-corrected chi connectivity index (χ1v) is 6.51. The monoisotopic (exact) mass is 273 g/mol. The zero-order chi connectivity index (χ0) is 14.6. The maximum Gasteiger partial charge on any atom is 0.329 e. The molecule has 0 radical (unpaired) electrons. The average molecular weight is 273 g/mol. The van der Waals surface area contributed by atoms with Crippen LogP contribution in [0.15, 0.2) is 0 Å². The minimum Gasteiger partial charge on any atom is -0.480 e. The number of likely N-dealkylation sites (N-methyl/N-ethyl adjacent to an activating group) is 1. The molecule has 2 unspecified atom stereocenters. The number of aliphatic carboxylic acids is 1. The van der Waals surface area contributed by atoms with Crippen LogP contribution in [0.4, 0.5) is 0 Å². The Morgan fingerprint density at radius 1 is 1.53 bits per heavy atom. The van der Waals surface area contributed by atoms with Crippen molar-refractivity contribution in [2.75, 3.05) is 20.3 Å². The molecule has 19 heavy (non-hydrogen) atoms. The van der Waals surface area contributed by atoms with Crippen LogP contribution < -0.4 is 0 Å². The molecule has 110 valence electrons. The van der Waals surface area contributed by atoms with Gasteiger partial charge >= 0.3 is 5.97 Å². The molecule has 0 aromatic rings. The summed E-state index contributed by atoms with van der Waals surface area (Å²) < 4.78 is 10.9. The van der Waals surface area contributed by atoms with Gasteiger partial charge in [-0.15, -0.1) is 0 Å². The molecule has 1 fully saturated rings. The van der Waals surface area contributed by atoms with Crippen molar-refractivity contribution >= 4 is 11.9 Å². The molecule has 0 bridgehead atoms. The lowest BCUT2D eigenvalue weighted by molar-refractivity contribution is -0.160. The molecule has 0 spiro atoms. The van der Waals surface area contributed by atoms with Crippen LogP contribution in [0.5, 0.6) is 0 Å². The number of carboxylic acids is 1. The maximum absolute atomic E-state index is 12.1. The molecule has 0 saturated carbocycles.